The van der Waals surface area contributed by atoms with Gasteiger partial charge in [0.2, 0.25) is 0 Å². The van der Waals surface area contributed by atoms with Gasteiger partial charge in [-0.2, -0.15) is 0 Å². The first-order valence-corrected chi connectivity index (χ1v) is 4.81. The molecule has 0 saturated carbocycles. The minimum Gasteiger partial charge on any atom is -0.480 e. The second-order valence-corrected chi connectivity index (χ2v) is 3.29. The lowest BCUT2D eigenvalue weighted by Crippen LogP contribution is -2.40. The van der Waals surface area contributed by atoms with Gasteiger partial charge in [-0.15, -0.1) is 0 Å². The molecule has 2 unspecified atom stereocenters. The van der Waals surface area contributed by atoms with E-state index in [0.29, 0.717) is 5.57 Å². The molecule has 0 radical (unpaired) electrons. The van der Waals surface area contributed by atoms with Gasteiger partial charge in [0.1, 0.15) is 12.1 Å². The second-order valence-electron chi connectivity index (χ2n) is 3.29. The van der Waals surface area contributed by atoms with Gasteiger partial charge in [-0.25, -0.2) is 0 Å². The number of carboxylic acids is 1. The highest BCUT2D eigenvalue weighted by molar-refractivity contribution is 5.83. The average molecular weight is 244 g/mol. The van der Waals surface area contributed by atoms with Crippen LogP contribution in [-0.2, 0) is 9.59 Å². The number of hydrogen-bond donors (Lipinski definition) is 5. The van der Waals surface area contributed by atoms with E-state index in [2.05, 4.69) is 11.9 Å². The SMILES string of the molecule is C=C/C(=C\NC(=O)C(O)CC(N)C(=O)O)CO. The molecule has 0 aromatic heterocycles. The molecule has 0 aliphatic carbocycles. The van der Waals surface area contributed by atoms with Crippen LogP contribution < -0.4 is 11.1 Å². The Morgan fingerprint density at radius 1 is 1.47 bits per heavy atom. The van der Waals surface area contributed by atoms with E-state index in [1.54, 1.807) is 0 Å². The molecule has 0 aromatic carbocycles. The van der Waals surface area contributed by atoms with Gasteiger partial charge < -0.3 is 26.4 Å². The van der Waals surface area contributed by atoms with Crippen molar-refractivity contribution in [1.82, 2.24) is 5.32 Å². The van der Waals surface area contributed by atoms with Gasteiger partial charge in [-0.05, 0) is 5.57 Å². The Kier molecular flexibility index (Phi) is 6.80. The summed E-state index contributed by atoms with van der Waals surface area (Å²) in [6, 6.07) is -1.31. The molecule has 1 amide bonds. The Morgan fingerprint density at radius 2 is 2.06 bits per heavy atom. The molecule has 0 spiro atoms. The molecule has 2 atom stereocenters. The third kappa shape index (κ3) is 5.81. The Balaban J connectivity index is 4.28. The summed E-state index contributed by atoms with van der Waals surface area (Å²) < 4.78 is 0. The van der Waals surface area contributed by atoms with E-state index in [1.165, 1.54) is 12.3 Å². The molecule has 0 fully saturated rings. The molecule has 0 aliphatic rings. The Hall–Kier alpha value is -1.70. The zero-order valence-electron chi connectivity index (χ0n) is 9.17. The number of aliphatic carboxylic acids is 1. The third-order valence-electron chi connectivity index (χ3n) is 1.94. The maximum absolute atomic E-state index is 11.3. The molecule has 0 aliphatic heterocycles. The number of nitrogens with one attached hydrogen (secondary N) is 1. The van der Waals surface area contributed by atoms with E-state index in [1.807, 2.05) is 0 Å². The van der Waals surface area contributed by atoms with Crippen LogP contribution in [0.25, 0.3) is 0 Å². The maximum atomic E-state index is 11.3. The predicted octanol–water partition coefficient (Wildman–Crippen LogP) is -1.67. The first kappa shape index (κ1) is 15.3. The summed E-state index contributed by atoms with van der Waals surface area (Å²) in [5.74, 6) is -2.09. The monoisotopic (exact) mass is 244 g/mol. The van der Waals surface area contributed by atoms with Crippen LogP contribution in [0.3, 0.4) is 0 Å². The molecule has 0 saturated heterocycles. The molecular formula is C10H16N2O5. The van der Waals surface area contributed by atoms with Crippen molar-refractivity contribution in [3.63, 3.8) is 0 Å². The summed E-state index contributed by atoms with van der Waals surface area (Å²) in [5.41, 5.74) is 5.51. The van der Waals surface area contributed by atoms with E-state index >= 15 is 0 Å². The fourth-order valence-corrected chi connectivity index (χ4v) is 0.878. The fraction of sp³-hybridized carbons (Fsp3) is 0.400. The summed E-state index contributed by atoms with van der Waals surface area (Å²) >= 11 is 0. The topological polar surface area (TPSA) is 133 Å². The Morgan fingerprint density at radius 3 is 2.47 bits per heavy atom. The lowest BCUT2D eigenvalue weighted by Gasteiger charge is -2.12. The number of amides is 1. The number of carbonyl (C=O) groups excluding carboxylic acids is 1. The molecule has 0 heterocycles. The molecule has 6 N–H and O–H groups in total. The lowest BCUT2D eigenvalue weighted by atomic mass is 10.1. The highest BCUT2D eigenvalue weighted by Crippen LogP contribution is 1.98. The second kappa shape index (κ2) is 7.55. The van der Waals surface area contributed by atoms with Crippen LogP contribution >= 0.6 is 0 Å². The highest BCUT2D eigenvalue weighted by Gasteiger charge is 2.21. The van der Waals surface area contributed by atoms with Gasteiger partial charge in [0.05, 0.1) is 6.61 Å². The van der Waals surface area contributed by atoms with Crippen LogP contribution in [0.5, 0.6) is 0 Å². The van der Waals surface area contributed by atoms with Crippen molar-refractivity contribution in [3.05, 3.63) is 24.4 Å². The molecule has 96 valence electrons. The Bertz CT molecular complexity index is 327. The minimum atomic E-state index is -1.53. The number of hydrogen-bond acceptors (Lipinski definition) is 5. The first-order valence-electron chi connectivity index (χ1n) is 4.81. The van der Waals surface area contributed by atoms with Crippen molar-refractivity contribution in [2.45, 2.75) is 18.6 Å². The van der Waals surface area contributed by atoms with Crippen molar-refractivity contribution in [2.24, 2.45) is 5.73 Å². The summed E-state index contributed by atoms with van der Waals surface area (Å²) in [5, 5.41) is 28.7. The molecule has 7 heteroatoms. The summed E-state index contributed by atoms with van der Waals surface area (Å²) in [6.45, 7) is 3.08. The van der Waals surface area contributed by atoms with E-state index in [-0.39, 0.29) is 6.61 Å². The minimum absolute atomic E-state index is 0.311. The molecule has 0 rings (SSSR count). The van der Waals surface area contributed by atoms with Crippen LogP contribution in [0.15, 0.2) is 24.4 Å². The molecule has 7 nitrogen and oxygen atoms in total. The summed E-state index contributed by atoms with van der Waals surface area (Å²) in [6.07, 6.45) is 0.583. The fourth-order valence-electron chi connectivity index (χ4n) is 0.878. The van der Waals surface area contributed by atoms with Gasteiger partial charge in [-0.3, -0.25) is 9.59 Å². The third-order valence-corrected chi connectivity index (χ3v) is 1.94. The standard InChI is InChI=1S/C10H16N2O5/c1-2-6(5-13)4-12-9(15)8(14)3-7(11)10(16)17/h2,4,7-8,13-14H,1,3,5,11H2,(H,12,15)(H,16,17)/b6-4+. The van der Waals surface area contributed by atoms with Gasteiger partial charge in [0, 0.05) is 12.6 Å². The van der Waals surface area contributed by atoms with Crippen molar-refractivity contribution in [1.29, 1.82) is 0 Å². The summed E-state index contributed by atoms with van der Waals surface area (Å²) in [4.78, 5) is 21.7. The van der Waals surface area contributed by atoms with E-state index in [0.717, 1.165) is 0 Å². The number of aliphatic hydroxyl groups is 2. The van der Waals surface area contributed by atoms with Crippen LogP contribution in [-0.4, -0.2) is 45.9 Å². The number of rotatable bonds is 7. The number of carbonyl (C=O) groups is 2. The number of aliphatic hydroxyl groups excluding tert-OH is 2. The van der Waals surface area contributed by atoms with Crippen molar-refractivity contribution in [2.75, 3.05) is 6.61 Å². The van der Waals surface area contributed by atoms with E-state index < -0.39 is 30.4 Å². The highest BCUT2D eigenvalue weighted by atomic mass is 16.4. The largest absolute Gasteiger partial charge is 0.480 e. The normalized spacial score (nSPS) is 14.9. The Labute approximate surface area is 98.2 Å². The van der Waals surface area contributed by atoms with Crippen LogP contribution in [0.4, 0.5) is 0 Å². The number of nitrogens with two attached hydrogens (primary N) is 1. The van der Waals surface area contributed by atoms with Gasteiger partial charge in [-0.1, -0.05) is 12.7 Å². The average Bonchev–Trinajstić information content (AvgIpc) is 2.29. The van der Waals surface area contributed by atoms with Crippen molar-refractivity contribution in [3.8, 4) is 0 Å². The maximum Gasteiger partial charge on any atom is 0.320 e. The lowest BCUT2D eigenvalue weighted by molar-refractivity contribution is -0.140. The molecule has 17 heavy (non-hydrogen) atoms. The smallest absolute Gasteiger partial charge is 0.320 e. The first-order chi connectivity index (χ1) is 7.92. The van der Waals surface area contributed by atoms with E-state index in [9.17, 15) is 14.7 Å². The van der Waals surface area contributed by atoms with Gasteiger partial charge in [0.25, 0.3) is 5.91 Å². The molecule has 0 bridgehead atoms. The van der Waals surface area contributed by atoms with Gasteiger partial charge in [0.15, 0.2) is 0 Å². The zero-order chi connectivity index (χ0) is 13.4. The molecular weight excluding hydrogens is 228 g/mol. The van der Waals surface area contributed by atoms with E-state index in [4.69, 9.17) is 15.9 Å². The summed E-state index contributed by atoms with van der Waals surface area (Å²) in [7, 11) is 0. The van der Waals surface area contributed by atoms with Crippen molar-refractivity contribution < 1.29 is 24.9 Å². The molecule has 0 aromatic rings. The van der Waals surface area contributed by atoms with Crippen molar-refractivity contribution >= 4 is 11.9 Å². The quantitative estimate of drug-likeness (QED) is 0.340. The van der Waals surface area contributed by atoms with Gasteiger partial charge >= 0.3 is 5.97 Å². The van der Waals surface area contributed by atoms with Crippen LogP contribution in [0, 0.1) is 0 Å². The van der Waals surface area contributed by atoms with Crippen LogP contribution in [0.2, 0.25) is 0 Å². The van der Waals surface area contributed by atoms with Crippen LogP contribution in [0.1, 0.15) is 6.42 Å². The predicted molar refractivity (Wildman–Crippen MR) is 59.7 cm³/mol. The zero-order valence-corrected chi connectivity index (χ0v) is 9.17. The number of carboxylic acid groups (broad SMARTS) is 1.